The largest absolute Gasteiger partial charge is 0.348 e. The van der Waals surface area contributed by atoms with E-state index in [0.29, 0.717) is 6.42 Å². The number of carbonyl (C=O) groups excluding carboxylic acids is 1. The second-order valence-corrected chi connectivity index (χ2v) is 4.44. The van der Waals surface area contributed by atoms with Gasteiger partial charge in [0, 0.05) is 16.9 Å². The van der Waals surface area contributed by atoms with E-state index in [4.69, 9.17) is 6.42 Å². The van der Waals surface area contributed by atoms with E-state index >= 15 is 0 Å². The number of benzene rings is 1. The molecule has 0 aliphatic heterocycles. The first kappa shape index (κ1) is 13.7. The highest BCUT2D eigenvalue weighted by molar-refractivity contribution is 9.10. The summed E-state index contributed by atoms with van der Waals surface area (Å²) in [7, 11) is 0. The lowest BCUT2D eigenvalue weighted by Crippen LogP contribution is -2.33. The maximum atomic E-state index is 13.4. The topological polar surface area (TPSA) is 29.1 Å². The number of nitrogens with one attached hydrogen (secondary N) is 1. The van der Waals surface area contributed by atoms with Gasteiger partial charge in [0.25, 0.3) is 5.91 Å². The van der Waals surface area contributed by atoms with Gasteiger partial charge in [0.15, 0.2) is 0 Å². The molecule has 1 atom stereocenters. The van der Waals surface area contributed by atoms with Crippen LogP contribution >= 0.6 is 15.9 Å². The summed E-state index contributed by atoms with van der Waals surface area (Å²) in [5.74, 6) is -0.286. The molecule has 0 spiro atoms. The highest BCUT2D eigenvalue weighted by Gasteiger charge is 2.19. The lowest BCUT2D eigenvalue weighted by molar-refractivity contribution is 0.0932. The van der Waals surface area contributed by atoms with Crippen LogP contribution in [0.4, 0.5) is 8.78 Å². The van der Waals surface area contributed by atoms with Crippen LogP contribution in [0.25, 0.3) is 0 Å². The predicted octanol–water partition coefficient (Wildman–Crippen LogP) is 2.87. The summed E-state index contributed by atoms with van der Waals surface area (Å²) < 4.78 is 27.1. The molecule has 1 aromatic carbocycles. The molecule has 0 aliphatic carbocycles. The molecule has 0 aliphatic rings. The average molecular weight is 302 g/mol. The van der Waals surface area contributed by atoms with E-state index in [1.54, 1.807) is 6.92 Å². The Hall–Kier alpha value is -1.41. The van der Waals surface area contributed by atoms with E-state index in [1.165, 1.54) is 0 Å². The van der Waals surface area contributed by atoms with E-state index in [9.17, 15) is 13.6 Å². The normalized spacial score (nSPS) is 11.7. The molecule has 0 aromatic heterocycles. The zero-order valence-corrected chi connectivity index (χ0v) is 10.6. The lowest BCUT2D eigenvalue weighted by Gasteiger charge is -2.12. The van der Waals surface area contributed by atoms with Crippen LogP contribution in [-0.4, -0.2) is 11.9 Å². The maximum Gasteiger partial charge on any atom is 0.257 e. The third-order valence-corrected chi connectivity index (χ3v) is 2.49. The smallest absolute Gasteiger partial charge is 0.257 e. The number of hydrogen-bond donors (Lipinski definition) is 1. The molecular formula is C12H10BrF2NO. The third-order valence-electron chi connectivity index (χ3n) is 2.04. The van der Waals surface area contributed by atoms with Crippen LogP contribution in [0, 0.1) is 24.0 Å². The highest BCUT2D eigenvalue weighted by atomic mass is 79.9. The van der Waals surface area contributed by atoms with E-state index in [0.717, 1.165) is 12.1 Å². The van der Waals surface area contributed by atoms with Gasteiger partial charge in [-0.2, -0.15) is 0 Å². The summed E-state index contributed by atoms with van der Waals surface area (Å²) in [4.78, 5) is 11.6. The fraction of sp³-hybridized carbons (Fsp3) is 0.250. The van der Waals surface area contributed by atoms with Crippen molar-refractivity contribution in [3.8, 4) is 12.3 Å². The number of hydrogen-bond acceptors (Lipinski definition) is 1. The van der Waals surface area contributed by atoms with Gasteiger partial charge in [0.1, 0.15) is 17.2 Å². The number of rotatable bonds is 3. The van der Waals surface area contributed by atoms with Crippen molar-refractivity contribution in [2.45, 2.75) is 19.4 Å². The SMILES string of the molecule is C#CCC(C)NC(=O)c1c(F)cc(Br)cc1F. The van der Waals surface area contributed by atoms with Gasteiger partial charge in [-0.1, -0.05) is 15.9 Å². The fourth-order valence-corrected chi connectivity index (χ4v) is 1.68. The molecule has 0 saturated heterocycles. The standard InChI is InChI=1S/C12H10BrF2NO/c1-3-4-7(2)16-12(17)11-9(14)5-8(13)6-10(11)15/h1,5-7H,4H2,2H3,(H,16,17). The van der Waals surface area contributed by atoms with Crippen molar-refractivity contribution in [1.82, 2.24) is 5.32 Å². The molecule has 90 valence electrons. The Morgan fingerprint density at radius 2 is 2.06 bits per heavy atom. The predicted molar refractivity (Wildman–Crippen MR) is 64.4 cm³/mol. The van der Waals surface area contributed by atoms with E-state index in [2.05, 4.69) is 27.2 Å². The van der Waals surface area contributed by atoms with E-state index in [-0.39, 0.29) is 10.5 Å². The molecule has 2 nitrogen and oxygen atoms in total. The zero-order chi connectivity index (χ0) is 13.0. The Labute approximate surface area is 107 Å². The van der Waals surface area contributed by atoms with Gasteiger partial charge in [-0.05, 0) is 19.1 Å². The van der Waals surface area contributed by atoms with Gasteiger partial charge < -0.3 is 5.32 Å². The monoisotopic (exact) mass is 301 g/mol. The minimum atomic E-state index is -0.915. The summed E-state index contributed by atoms with van der Waals surface area (Å²) >= 11 is 2.93. The Kier molecular flexibility index (Phi) is 4.64. The van der Waals surface area contributed by atoms with Crippen LogP contribution < -0.4 is 5.32 Å². The van der Waals surface area contributed by atoms with Gasteiger partial charge in [0.2, 0.25) is 0 Å². The lowest BCUT2D eigenvalue weighted by atomic mass is 10.1. The second kappa shape index (κ2) is 5.78. The van der Waals surface area contributed by atoms with Gasteiger partial charge in [-0.25, -0.2) is 8.78 Å². The average Bonchev–Trinajstić information content (AvgIpc) is 2.15. The quantitative estimate of drug-likeness (QED) is 0.855. The molecule has 5 heteroatoms. The number of carbonyl (C=O) groups is 1. The van der Waals surface area contributed by atoms with Crippen molar-refractivity contribution >= 4 is 21.8 Å². The molecule has 1 amide bonds. The molecule has 0 saturated carbocycles. The van der Waals surface area contributed by atoms with E-state index in [1.807, 2.05) is 0 Å². The van der Waals surface area contributed by atoms with Crippen molar-refractivity contribution in [3.05, 3.63) is 33.8 Å². The van der Waals surface area contributed by atoms with Crippen LogP contribution in [0.2, 0.25) is 0 Å². The number of halogens is 3. The summed E-state index contributed by atoms with van der Waals surface area (Å²) in [6.07, 6.45) is 5.36. The molecule has 0 heterocycles. The van der Waals surface area contributed by atoms with E-state index < -0.39 is 23.1 Å². The number of amides is 1. The molecule has 17 heavy (non-hydrogen) atoms. The zero-order valence-electron chi connectivity index (χ0n) is 9.06. The summed E-state index contributed by atoms with van der Waals surface area (Å²) in [5, 5.41) is 2.42. The van der Waals surface area contributed by atoms with Gasteiger partial charge in [0.05, 0.1) is 0 Å². The second-order valence-electron chi connectivity index (χ2n) is 3.53. The van der Waals surface area contributed by atoms with Crippen molar-refractivity contribution < 1.29 is 13.6 Å². The molecule has 1 rings (SSSR count). The van der Waals surface area contributed by atoms with Crippen molar-refractivity contribution in [2.24, 2.45) is 0 Å². The van der Waals surface area contributed by atoms with Crippen LogP contribution in [0.3, 0.4) is 0 Å². The minimum absolute atomic E-state index is 0.237. The summed E-state index contributed by atoms with van der Waals surface area (Å²) in [5.41, 5.74) is -0.600. The number of terminal acetylenes is 1. The highest BCUT2D eigenvalue weighted by Crippen LogP contribution is 2.19. The molecule has 0 fully saturated rings. The Balaban J connectivity index is 2.94. The van der Waals surface area contributed by atoms with Crippen molar-refractivity contribution in [3.63, 3.8) is 0 Å². The van der Waals surface area contributed by atoms with Crippen molar-refractivity contribution in [2.75, 3.05) is 0 Å². The molecule has 1 N–H and O–H groups in total. The molecule has 1 unspecified atom stereocenters. The Morgan fingerprint density at radius 3 is 2.53 bits per heavy atom. The fourth-order valence-electron chi connectivity index (χ4n) is 1.28. The molecule has 0 radical (unpaired) electrons. The van der Waals surface area contributed by atoms with Gasteiger partial charge in [-0.15, -0.1) is 12.3 Å². The van der Waals surface area contributed by atoms with Gasteiger partial charge >= 0.3 is 0 Å². The molecule has 1 aromatic rings. The Bertz CT molecular complexity index is 459. The summed E-state index contributed by atoms with van der Waals surface area (Å²) in [6, 6.07) is 1.73. The first-order chi connectivity index (χ1) is 7.95. The minimum Gasteiger partial charge on any atom is -0.348 e. The third kappa shape index (κ3) is 3.53. The molecule has 0 bridgehead atoms. The van der Waals surface area contributed by atoms with Crippen LogP contribution in [-0.2, 0) is 0 Å². The maximum absolute atomic E-state index is 13.4. The molecular weight excluding hydrogens is 292 g/mol. The summed E-state index contributed by atoms with van der Waals surface area (Å²) in [6.45, 7) is 1.66. The van der Waals surface area contributed by atoms with Crippen molar-refractivity contribution in [1.29, 1.82) is 0 Å². The Morgan fingerprint density at radius 1 is 1.53 bits per heavy atom. The first-order valence-electron chi connectivity index (χ1n) is 4.84. The van der Waals surface area contributed by atoms with Crippen LogP contribution in [0.15, 0.2) is 16.6 Å². The first-order valence-corrected chi connectivity index (χ1v) is 5.64. The van der Waals surface area contributed by atoms with Crippen LogP contribution in [0.5, 0.6) is 0 Å². The van der Waals surface area contributed by atoms with Gasteiger partial charge in [-0.3, -0.25) is 4.79 Å². The van der Waals surface area contributed by atoms with Crippen LogP contribution in [0.1, 0.15) is 23.7 Å².